The average molecular weight is 443 g/mol. The van der Waals surface area contributed by atoms with E-state index in [0.717, 1.165) is 31.5 Å². The van der Waals surface area contributed by atoms with E-state index in [0.29, 0.717) is 31.0 Å². The lowest BCUT2D eigenvalue weighted by Gasteiger charge is -2.20. The lowest BCUT2D eigenvalue weighted by Crippen LogP contribution is -2.33. The molecule has 0 saturated carbocycles. The highest BCUT2D eigenvalue weighted by Crippen LogP contribution is 2.26. The molecule has 31 heavy (non-hydrogen) atoms. The highest BCUT2D eigenvalue weighted by atomic mass is 32.2. The monoisotopic (exact) mass is 442 g/mol. The summed E-state index contributed by atoms with van der Waals surface area (Å²) in [6, 6.07) is 13.5. The van der Waals surface area contributed by atoms with Crippen molar-refractivity contribution in [2.24, 2.45) is 0 Å². The molecule has 2 aromatic rings. The van der Waals surface area contributed by atoms with Crippen molar-refractivity contribution >= 4 is 21.7 Å². The van der Waals surface area contributed by atoms with Crippen LogP contribution in [0, 0.1) is 0 Å². The summed E-state index contributed by atoms with van der Waals surface area (Å²) in [6.07, 6.45) is 1.95. The minimum absolute atomic E-state index is 0.00335. The second-order valence-corrected chi connectivity index (χ2v) is 9.98. The lowest BCUT2D eigenvalue weighted by atomic mass is 10.1. The first-order valence-electron chi connectivity index (χ1n) is 10.5. The number of amides is 2. The molecule has 2 aliphatic heterocycles. The van der Waals surface area contributed by atoms with Crippen LogP contribution in [0.1, 0.15) is 35.2 Å². The van der Waals surface area contributed by atoms with Crippen LogP contribution in [-0.4, -0.2) is 62.0 Å². The van der Waals surface area contributed by atoms with E-state index < -0.39 is 9.84 Å². The molecule has 4 rings (SSSR count). The van der Waals surface area contributed by atoms with Gasteiger partial charge in [0, 0.05) is 37.2 Å². The quantitative estimate of drug-likeness (QED) is 0.711. The number of ether oxygens (including phenoxy) is 1. The van der Waals surface area contributed by atoms with Gasteiger partial charge in [-0.15, -0.1) is 0 Å². The van der Waals surface area contributed by atoms with E-state index in [-0.39, 0.29) is 28.9 Å². The van der Waals surface area contributed by atoms with Gasteiger partial charge in [0.25, 0.3) is 5.91 Å². The number of likely N-dealkylation sites (tertiary alicyclic amines) is 1. The van der Waals surface area contributed by atoms with Crippen LogP contribution in [0.2, 0.25) is 0 Å². The van der Waals surface area contributed by atoms with E-state index in [1.54, 1.807) is 41.3 Å². The number of sulfone groups is 1. The third kappa shape index (κ3) is 4.90. The van der Waals surface area contributed by atoms with Crippen LogP contribution < -0.4 is 4.74 Å². The van der Waals surface area contributed by atoms with Crippen LogP contribution >= 0.6 is 0 Å². The van der Waals surface area contributed by atoms with Crippen molar-refractivity contribution < 1.29 is 22.7 Å². The van der Waals surface area contributed by atoms with Gasteiger partial charge in [0.2, 0.25) is 5.91 Å². The Kier molecular flexibility index (Phi) is 6.27. The third-order valence-electron chi connectivity index (χ3n) is 5.72. The Morgan fingerprint density at radius 1 is 0.935 bits per heavy atom. The number of rotatable bonds is 5. The van der Waals surface area contributed by atoms with Crippen LogP contribution in [0.5, 0.6) is 5.75 Å². The minimum Gasteiger partial charge on any atom is -0.491 e. The molecule has 0 aromatic heterocycles. The number of nitrogens with zero attached hydrogens (tertiary/aromatic N) is 2. The Hall–Kier alpha value is -2.87. The summed E-state index contributed by atoms with van der Waals surface area (Å²) >= 11 is 0. The summed E-state index contributed by atoms with van der Waals surface area (Å²) in [4.78, 5) is 29.2. The predicted octanol–water partition coefficient (Wildman–Crippen LogP) is 2.51. The third-order valence-corrected chi connectivity index (χ3v) is 7.45. The van der Waals surface area contributed by atoms with Gasteiger partial charge < -0.3 is 14.5 Å². The van der Waals surface area contributed by atoms with Crippen molar-refractivity contribution in [1.29, 1.82) is 0 Å². The molecule has 1 saturated heterocycles. The van der Waals surface area contributed by atoms with Crippen LogP contribution in [0.25, 0.3) is 0 Å². The van der Waals surface area contributed by atoms with Gasteiger partial charge in [-0.3, -0.25) is 9.59 Å². The molecular formula is C23H26N2O5S. The molecule has 0 aliphatic carbocycles. The summed E-state index contributed by atoms with van der Waals surface area (Å²) in [5.74, 6) is 0.168. The molecule has 8 heteroatoms. The van der Waals surface area contributed by atoms with Gasteiger partial charge in [-0.1, -0.05) is 18.2 Å². The summed E-state index contributed by atoms with van der Waals surface area (Å²) in [7, 11) is -3.52. The molecule has 2 amide bonds. The zero-order valence-corrected chi connectivity index (χ0v) is 18.1. The van der Waals surface area contributed by atoms with Crippen LogP contribution in [0.4, 0.5) is 0 Å². The first kappa shape index (κ1) is 21.4. The SMILES string of the molecule is O=C(CCS(=O)(=O)c1ccccc1)N1CCOc2ccc(C(=O)N3CCCC3)cc2C1. The van der Waals surface area contributed by atoms with Gasteiger partial charge in [0.1, 0.15) is 12.4 Å². The molecule has 1 fully saturated rings. The topological polar surface area (TPSA) is 84.0 Å². The number of carbonyl (C=O) groups is 2. The number of hydrogen-bond donors (Lipinski definition) is 0. The second-order valence-electron chi connectivity index (χ2n) is 7.87. The van der Waals surface area contributed by atoms with E-state index in [2.05, 4.69) is 0 Å². The summed E-state index contributed by atoms with van der Waals surface area (Å²) in [6.45, 7) is 2.53. The first-order chi connectivity index (χ1) is 14.9. The molecule has 0 bridgehead atoms. The van der Waals surface area contributed by atoms with E-state index in [9.17, 15) is 18.0 Å². The molecule has 0 spiro atoms. The molecule has 2 aliphatic rings. The highest BCUT2D eigenvalue weighted by Gasteiger charge is 2.25. The van der Waals surface area contributed by atoms with Crippen LogP contribution in [0.3, 0.4) is 0 Å². The fourth-order valence-corrected chi connectivity index (χ4v) is 5.22. The Morgan fingerprint density at radius 3 is 2.42 bits per heavy atom. The maximum absolute atomic E-state index is 12.8. The second kappa shape index (κ2) is 9.09. The smallest absolute Gasteiger partial charge is 0.253 e. The maximum Gasteiger partial charge on any atom is 0.253 e. The summed E-state index contributed by atoms with van der Waals surface area (Å²) in [5.41, 5.74) is 1.35. The summed E-state index contributed by atoms with van der Waals surface area (Å²) < 4.78 is 30.8. The zero-order chi connectivity index (χ0) is 21.8. The Morgan fingerprint density at radius 2 is 1.68 bits per heavy atom. The fourth-order valence-electron chi connectivity index (χ4n) is 3.97. The van der Waals surface area contributed by atoms with Crippen molar-refractivity contribution in [2.75, 3.05) is 32.0 Å². The van der Waals surface area contributed by atoms with Gasteiger partial charge in [0.15, 0.2) is 9.84 Å². The first-order valence-corrected chi connectivity index (χ1v) is 12.2. The molecule has 2 heterocycles. The van der Waals surface area contributed by atoms with Gasteiger partial charge in [-0.25, -0.2) is 8.42 Å². The average Bonchev–Trinajstić information content (AvgIpc) is 3.24. The van der Waals surface area contributed by atoms with Crippen molar-refractivity contribution in [3.63, 3.8) is 0 Å². The number of carbonyl (C=O) groups excluding carboxylic acids is 2. The largest absolute Gasteiger partial charge is 0.491 e. The Labute approximate surface area is 182 Å². The molecule has 2 aromatic carbocycles. The number of benzene rings is 2. The lowest BCUT2D eigenvalue weighted by molar-refractivity contribution is -0.131. The molecule has 0 radical (unpaired) electrons. The van der Waals surface area contributed by atoms with Gasteiger partial charge in [-0.2, -0.15) is 0 Å². The Balaban J connectivity index is 1.44. The zero-order valence-electron chi connectivity index (χ0n) is 17.3. The molecule has 0 N–H and O–H groups in total. The standard InChI is InChI=1S/C23H26N2O5S/c26-22(10-15-31(28,29)20-6-2-1-3-7-20)25-13-14-30-21-9-8-18(16-19(21)17-25)23(27)24-11-4-5-12-24/h1-3,6-9,16H,4-5,10-15,17H2. The number of fused-ring (bicyclic) bond motifs is 1. The molecular weight excluding hydrogens is 416 g/mol. The minimum atomic E-state index is -3.52. The van der Waals surface area contributed by atoms with Gasteiger partial charge >= 0.3 is 0 Å². The maximum atomic E-state index is 12.8. The van der Waals surface area contributed by atoms with E-state index in [4.69, 9.17) is 4.74 Å². The normalized spacial score (nSPS) is 16.4. The van der Waals surface area contributed by atoms with Crippen molar-refractivity contribution in [1.82, 2.24) is 9.80 Å². The summed E-state index contributed by atoms with van der Waals surface area (Å²) in [5, 5.41) is 0. The van der Waals surface area contributed by atoms with Gasteiger partial charge in [-0.05, 0) is 43.2 Å². The van der Waals surface area contributed by atoms with E-state index in [1.807, 2.05) is 4.90 Å². The molecule has 0 unspecified atom stereocenters. The van der Waals surface area contributed by atoms with E-state index >= 15 is 0 Å². The Bertz CT molecular complexity index is 1060. The van der Waals surface area contributed by atoms with Crippen molar-refractivity contribution in [2.45, 2.75) is 30.7 Å². The highest BCUT2D eigenvalue weighted by molar-refractivity contribution is 7.91. The van der Waals surface area contributed by atoms with Crippen molar-refractivity contribution in [3.8, 4) is 5.75 Å². The van der Waals surface area contributed by atoms with Gasteiger partial charge in [0.05, 0.1) is 17.2 Å². The number of hydrogen-bond acceptors (Lipinski definition) is 5. The van der Waals surface area contributed by atoms with Crippen LogP contribution in [0.15, 0.2) is 53.4 Å². The molecule has 0 atom stereocenters. The molecule has 7 nitrogen and oxygen atoms in total. The van der Waals surface area contributed by atoms with Crippen molar-refractivity contribution in [3.05, 3.63) is 59.7 Å². The van der Waals surface area contributed by atoms with E-state index in [1.165, 1.54) is 12.1 Å². The predicted molar refractivity (Wildman–Crippen MR) is 116 cm³/mol. The van der Waals surface area contributed by atoms with Crippen LogP contribution in [-0.2, 0) is 21.2 Å². The molecule has 164 valence electrons. The fraction of sp³-hybridized carbons (Fsp3) is 0.391.